The fourth-order valence-electron chi connectivity index (χ4n) is 2.69. The highest BCUT2D eigenvalue weighted by molar-refractivity contribution is 5.78. The molecule has 25 heavy (non-hydrogen) atoms. The van der Waals surface area contributed by atoms with Crippen molar-refractivity contribution in [1.82, 2.24) is 4.57 Å². The number of hydrogen-bond donors (Lipinski definition) is 2. The average Bonchev–Trinajstić information content (AvgIpc) is 2.99. The molecule has 0 bridgehead atoms. The van der Waals surface area contributed by atoms with Gasteiger partial charge in [0.2, 0.25) is 0 Å². The number of guanidine groups is 1. The molecule has 4 heteroatoms. The van der Waals surface area contributed by atoms with Crippen LogP contribution in [0.15, 0.2) is 53.7 Å². The number of nitrogens with two attached hydrogens (primary N) is 2. The largest absolute Gasteiger partial charge is 0.370 e. The van der Waals surface area contributed by atoms with Crippen LogP contribution >= 0.6 is 0 Å². The molecule has 0 atom stereocenters. The first-order valence-corrected chi connectivity index (χ1v) is 8.81. The minimum absolute atomic E-state index is 0.0831. The second-order valence-corrected chi connectivity index (χ2v) is 5.97. The number of aromatic nitrogens is 1. The lowest BCUT2D eigenvalue weighted by Crippen LogP contribution is -2.29. The Labute approximate surface area is 149 Å². The molecule has 0 radical (unpaired) electrons. The zero-order chi connectivity index (χ0) is 18.1. The van der Waals surface area contributed by atoms with Gasteiger partial charge in [0.25, 0.3) is 0 Å². The van der Waals surface area contributed by atoms with Crippen molar-refractivity contribution in [3.63, 3.8) is 0 Å². The minimum Gasteiger partial charge on any atom is -0.370 e. The lowest BCUT2D eigenvalue weighted by atomic mass is 10.1. The number of nitrogens with zero attached hydrogens (tertiary/aromatic N) is 2. The van der Waals surface area contributed by atoms with Gasteiger partial charge in [-0.3, -0.25) is 0 Å². The van der Waals surface area contributed by atoms with Crippen molar-refractivity contribution in [3.8, 4) is 0 Å². The van der Waals surface area contributed by atoms with Crippen molar-refractivity contribution >= 4 is 23.8 Å². The van der Waals surface area contributed by atoms with Crippen LogP contribution in [-0.2, 0) is 13.0 Å². The summed E-state index contributed by atoms with van der Waals surface area (Å²) in [5, 5.41) is 2.52. The Kier molecular flexibility index (Phi) is 7.08. The third-order valence-electron chi connectivity index (χ3n) is 4.03. The fraction of sp³-hybridized carbons (Fsp3) is 0.286. The van der Waals surface area contributed by atoms with E-state index in [4.69, 9.17) is 11.5 Å². The van der Waals surface area contributed by atoms with Gasteiger partial charge in [-0.2, -0.15) is 0 Å². The van der Waals surface area contributed by atoms with Crippen molar-refractivity contribution in [3.05, 3.63) is 64.8 Å². The predicted molar refractivity (Wildman–Crippen MR) is 108 cm³/mol. The van der Waals surface area contributed by atoms with Crippen LogP contribution in [0.4, 0.5) is 5.69 Å². The van der Waals surface area contributed by atoms with Crippen LogP contribution in [0.5, 0.6) is 0 Å². The first kappa shape index (κ1) is 18.6. The van der Waals surface area contributed by atoms with E-state index in [-0.39, 0.29) is 5.96 Å². The second kappa shape index (κ2) is 9.52. The van der Waals surface area contributed by atoms with Crippen LogP contribution in [-0.4, -0.2) is 10.5 Å². The molecule has 0 spiro atoms. The molecule has 0 saturated carbocycles. The summed E-state index contributed by atoms with van der Waals surface area (Å²) in [4.78, 5) is 4.05. The van der Waals surface area contributed by atoms with Crippen LogP contribution in [0.1, 0.15) is 32.3 Å². The average molecular weight is 336 g/mol. The van der Waals surface area contributed by atoms with E-state index in [9.17, 15) is 0 Å². The van der Waals surface area contributed by atoms with Crippen molar-refractivity contribution < 1.29 is 0 Å². The highest BCUT2D eigenvalue weighted by Gasteiger charge is 1.98. The summed E-state index contributed by atoms with van der Waals surface area (Å²) in [6.45, 7) is 5.20. The molecule has 0 saturated heterocycles. The van der Waals surface area contributed by atoms with E-state index >= 15 is 0 Å². The summed E-state index contributed by atoms with van der Waals surface area (Å²) in [7, 11) is 0. The molecule has 1 heterocycles. The monoisotopic (exact) mass is 336 g/mol. The summed E-state index contributed by atoms with van der Waals surface area (Å²) in [6.07, 6.45) is 14.1. The van der Waals surface area contributed by atoms with E-state index in [2.05, 4.69) is 72.1 Å². The zero-order valence-electron chi connectivity index (χ0n) is 15.2. The molecular weight excluding hydrogens is 308 g/mol. The molecule has 0 aliphatic carbocycles. The Balaban J connectivity index is 2.13. The van der Waals surface area contributed by atoms with Gasteiger partial charge in [0, 0.05) is 18.1 Å². The molecule has 2 aromatic rings. The van der Waals surface area contributed by atoms with E-state index in [0.29, 0.717) is 0 Å². The van der Waals surface area contributed by atoms with Crippen molar-refractivity contribution in [2.75, 3.05) is 0 Å². The van der Waals surface area contributed by atoms with Gasteiger partial charge in [0.15, 0.2) is 5.96 Å². The number of aryl methyl sites for hydroxylation is 2. The van der Waals surface area contributed by atoms with Crippen molar-refractivity contribution in [1.29, 1.82) is 0 Å². The van der Waals surface area contributed by atoms with Gasteiger partial charge in [-0.25, -0.2) is 4.99 Å². The predicted octanol–water partition coefficient (Wildman–Crippen LogP) is 2.57. The van der Waals surface area contributed by atoms with Gasteiger partial charge in [0.1, 0.15) is 0 Å². The van der Waals surface area contributed by atoms with Crippen LogP contribution in [0.25, 0.3) is 12.2 Å². The topological polar surface area (TPSA) is 69.3 Å². The Bertz CT molecular complexity index is 835. The highest BCUT2D eigenvalue weighted by atomic mass is 15.0. The molecule has 132 valence electrons. The molecule has 1 aromatic heterocycles. The third kappa shape index (κ3) is 5.68. The van der Waals surface area contributed by atoms with Gasteiger partial charge in [-0.05, 0) is 54.8 Å². The molecule has 0 aliphatic rings. The standard InChI is InChI=1S/C21H28N4/c1-3-5-6-7-8-20-18(4-2)14-16-25(20)15-13-17-9-11-19(12-10-17)24-21(22)23/h4,6-12,14,16H,3,5,13,15H2,1-2H3,(H4,22,23,24)/b7-6-,18-4-,20-8+. The maximum Gasteiger partial charge on any atom is 0.191 e. The van der Waals surface area contributed by atoms with Crippen LogP contribution in [0.2, 0.25) is 0 Å². The third-order valence-corrected chi connectivity index (χ3v) is 4.03. The van der Waals surface area contributed by atoms with E-state index in [1.54, 1.807) is 0 Å². The Morgan fingerprint density at radius 2 is 1.92 bits per heavy atom. The summed E-state index contributed by atoms with van der Waals surface area (Å²) in [5.41, 5.74) is 12.8. The summed E-state index contributed by atoms with van der Waals surface area (Å²) >= 11 is 0. The maximum absolute atomic E-state index is 5.40. The van der Waals surface area contributed by atoms with E-state index in [1.807, 2.05) is 12.1 Å². The summed E-state index contributed by atoms with van der Waals surface area (Å²) < 4.78 is 2.30. The lowest BCUT2D eigenvalue weighted by molar-refractivity contribution is 0.682. The van der Waals surface area contributed by atoms with Crippen LogP contribution in [0.3, 0.4) is 0 Å². The molecule has 1 aromatic carbocycles. The number of rotatable bonds is 7. The van der Waals surface area contributed by atoms with Gasteiger partial charge in [-0.1, -0.05) is 43.7 Å². The number of benzene rings is 1. The lowest BCUT2D eigenvalue weighted by Gasteiger charge is -2.05. The van der Waals surface area contributed by atoms with E-state index in [1.165, 1.54) is 22.6 Å². The number of unbranched alkanes of at least 4 members (excludes halogenated alkanes) is 1. The fourth-order valence-corrected chi connectivity index (χ4v) is 2.69. The van der Waals surface area contributed by atoms with Gasteiger partial charge in [-0.15, -0.1) is 0 Å². The summed E-state index contributed by atoms with van der Waals surface area (Å²) in [5.74, 6) is 0.0831. The Morgan fingerprint density at radius 3 is 2.56 bits per heavy atom. The van der Waals surface area contributed by atoms with Crippen LogP contribution in [0, 0.1) is 0 Å². The Hall–Kier alpha value is -2.75. The second-order valence-electron chi connectivity index (χ2n) is 5.97. The molecule has 0 aliphatic heterocycles. The van der Waals surface area contributed by atoms with Gasteiger partial charge in [0.05, 0.1) is 5.69 Å². The molecule has 4 N–H and O–H groups in total. The zero-order valence-corrected chi connectivity index (χ0v) is 15.2. The molecule has 2 rings (SSSR count). The first-order chi connectivity index (χ1) is 12.1. The number of aliphatic imine (C=N–C) groups is 1. The van der Waals surface area contributed by atoms with Crippen molar-refractivity contribution in [2.24, 2.45) is 16.5 Å². The van der Waals surface area contributed by atoms with Crippen LogP contribution < -0.4 is 22.0 Å². The van der Waals surface area contributed by atoms with E-state index < -0.39 is 0 Å². The number of allylic oxidation sites excluding steroid dienone is 2. The van der Waals surface area contributed by atoms with E-state index in [0.717, 1.165) is 25.1 Å². The summed E-state index contributed by atoms with van der Waals surface area (Å²) in [6, 6.07) is 10.2. The SMILES string of the molecule is C/C=c1/ccn(CCc2ccc(N=C(N)N)cc2)/c1=C/C=C\CCC. The number of hydrogen-bond acceptors (Lipinski definition) is 1. The normalized spacial score (nSPS) is 12.9. The Morgan fingerprint density at radius 1 is 1.16 bits per heavy atom. The minimum atomic E-state index is 0.0831. The molecule has 0 amide bonds. The highest BCUT2D eigenvalue weighted by Crippen LogP contribution is 2.13. The molecular formula is C21H28N4. The first-order valence-electron chi connectivity index (χ1n) is 8.81. The van der Waals surface area contributed by atoms with Crippen molar-refractivity contribution in [2.45, 2.75) is 39.7 Å². The smallest absolute Gasteiger partial charge is 0.191 e. The molecule has 4 nitrogen and oxygen atoms in total. The van der Waals surface area contributed by atoms with Gasteiger partial charge >= 0.3 is 0 Å². The molecule has 0 fully saturated rings. The quantitative estimate of drug-likeness (QED) is 0.603. The maximum atomic E-state index is 5.40. The molecule has 0 unspecified atom stereocenters. The van der Waals surface area contributed by atoms with Gasteiger partial charge < -0.3 is 16.0 Å².